The first-order valence-corrected chi connectivity index (χ1v) is 13.3. The van der Waals surface area contributed by atoms with Gasteiger partial charge in [0.05, 0.1) is 0 Å². The van der Waals surface area contributed by atoms with Crippen LogP contribution in [0.2, 0.25) is 0 Å². The van der Waals surface area contributed by atoms with Gasteiger partial charge in [-0.2, -0.15) is 0 Å². The van der Waals surface area contributed by atoms with Crippen molar-refractivity contribution in [1.82, 2.24) is 4.57 Å². The third kappa shape index (κ3) is 4.31. The Balaban J connectivity index is 1.55. The molecule has 1 aromatic heterocycles. The van der Waals surface area contributed by atoms with Crippen molar-refractivity contribution in [2.45, 2.75) is 40.2 Å². The standard InChI is InChI=1S/C31H32N2P/c1-23-20-24(2)31(25(3)21-23)33-19-18-32(22-33)26(4)29-16-11-17-30(29)34(27-12-7-5-8-13-27)28-14-9-6-10-15-28/h5-15,17-22,26H,16H2,1-4H3/q+1. The number of hydrogen-bond donors (Lipinski definition) is 0. The number of benzene rings is 3. The normalized spacial score (nSPS) is 14.3. The zero-order chi connectivity index (χ0) is 23.7. The summed E-state index contributed by atoms with van der Waals surface area (Å²) < 4.78 is 4.64. The lowest BCUT2D eigenvalue weighted by Crippen LogP contribution is -2.37. The van der Waals surface area contributed by atoms with Gasteiger partial charge in [-0.25, -0.2) is 9.13 Å². The average Bonchev–Trinajstić information content (AvgIpc) is 3.50. The van der Waals surface area contributed by atoms with Crippen LogP contribution in [0.25, 0.3) is 5.69 Å². The summed E-state index contributed by atoms with van der Waals surface area (Å²) in [7, 11) is -0.592. The van der Waals surface area contributed by atoms with Gasteiger partial charge < -0.3 is 0 Å². The Hall–Kier alpha value is -3.22. The van der Waals surface area contributed by atoms with E-state index in [1.54, 1.807) is 0 Å². The minimum atomic E-state index is -0.592. The van der Waals surface area contributed by atoms with E-state index in [1.165, 1.54) is 43.9 Å². The number of nitrogens with zero attached hydrogens (tertiary/aromatic N) is 2. The van der Waals surface area contributed by atoms with Gasteiger partial charge in [-0.3, -0.25) is 0 Å². The molecule has 4 aromatic rings. The first-order chi connectivity index (χ1) is 16.5. The van der Waals surface area contributed by atoms with E-state index < -0.39 is 7.92 Å². The molecular formula is C31H32N2P+. The van der Waals surface area contributed by atoms with Crippen molar-refractivity contribution in [3.05, 3.63) is 131 Å². The first kappa shape index (κ1) is 22.6. The number of aromatic nitrogens is 2. The topological polar surface area (TPSA) is 8.81 Å². The molecule has 2 nitrogen and oxygen atoms in total. The fourth-order valence-electron chi connectivity index (χ4n) is 5.18. The minimum absolute atomic E-state index is 0.287. The minimum Gasteiger partial charge on any atom is -0.230 e. The zero-order valence-corrected chi connectivity index (χ0v) is 21.3. The molecule has 1 atom stereocenters. The Morgan fingerprint density at radius 1 is 0.853 bits per heavy atom. The summed E-state index contributed by atoms with van der Waals surface area (Å²) in [6, 6.07) is 26.8. The molecule has 0 saturated heterocycles. The predicted octanol–water partition coefficient (Wildman–Crippen LogP) is 6.60. The fraction of sp³-hybridized carbons (Fsp3) is 0.194. The highest BCUT2D eigenvalue weighted by atomic mass is 31.1. The highest BCUT2D eigenvalue weighted by Gasteiger charge is 2.28. The molecule has 0 N–H and O–H groups in total. The van der Waals surface area contributed by atoms with E-state index in [-0.39, 0.29) is 6.04 Å². The molecule has 3 heteroatoms. The number of hydrogen-bond acceptors (Lipinski definition) is 0. The van der Waals surface area contributed by atoms with Gasteiger partial charge in [-0.05, 0) is 74.7 Å². The molecular weight excluding hydrogens is 431 g/mol. The molecule has 0 amide bonds. The van der Waals surface area contributed by atoms with E-state index >= 15 is 0 Å². The Kier molecular flexibility index (Phi) is 6.35. The van der Waals surface area contributed by atoms with E-state index in [4.69, 9.17) is 0 Å². The van der Waals surface area contributed by atoms with Crippen molar-refractivity contribution in [3.8, 4) is 5.69 Å². The molecule has 3 aromatic carbocycles. The predicted molar refractivity (Wildman–Crippen MR) is 145 cm³/mol. The maximum atomic E-state index is 2.38. The third-order valence-electron chi connectivity index (χ3n) is 6.71. The molecule has 0 bridgehead atoms. The Bertz CT molecular complexity index is 1300. The highest BCUT2D eigenvalue weighted by molar-refractivity contribution is 7.77. The van der Waals surface area contributed by atoms with Crippen LogP contribution in [0.4, 0.5) is 0 Å². The second kappa shape index (κ2) is 9.57. The quantitative estimate of drug-likeness (QED) is 0.225. The molecule has 0 radical (unpaired) electrons. The lowest BCUT2D eigenvalue weighted by molar-refractivity contribution is -0.710. The van der Waals surface area contributed by atoms with Crippen LogP contribution in [0, 0.1) is 20.8 Å². The molecule has 1 aliphatic rings. The van der Waals surface area contributed by atoms with Crippen molar-refractivity contribution < 1.29 is 4.57 Å². The molecule has 1 aliphatic carbocycles. The summed E-state index contributed by atoms with van der Waals surface area (Å²) in [4.78, 5) is 0. The highest BCUT2D eigenvalue weighted by Crippen LogP contribution is 2.49. The van der Waals surface area contributed by atoms with Crippen molar-refractivity contribution in [2.24, 2.45) is 0 Å². The molecule has 0 saturated carbocycles. The van der Waals surface area contributed by atoms with Crippen LogP contribution in [0.5, 0.6) is 0 Å². The van der Waals surface area contributed by atoms with E-state index in [0.29, 0.717) is 0 Å². The van der Waals surface area contributed by atoms with Crippen LogP contribution < -0.4 is 15.2 Å². The van der Waals surface area contributed by atoms with E-state index in [1.807, 2.05) is 0 Å². The van der Waals surface area contributed by atoms with Crippen LogP contribution in [0.3, 0.4) is 0 Å². The Morgan fingerprint density at radius 2 is 1.44 bits per heavy atom. The number of imidazole rings is 1. The molecule has 0 spiro atoms. The summed E-state index contributed by atoms with van der Waals surface area (Å²) in [6.07, 6.45) is 12.4. The van der Waals surface area contributed by atoms with Gasteiger partial charge in [-0.1, -0.05) is 90.5 Å². The van der Waals surface area contributed by atoms with Crippen molar-refractivity contribution >= 4 is 18.5 Å². The van der Waals surface area contributed by atoms with Crippen molar-refractivity contribution in [3.63, 3.8) is 0 Å². The van der Waals surface area contributed by atoms with Crippen LogP contribution >= 0.6 is 7.92 Å². The van der Waals surface area contributed by atoms with Gasteiger partial charge in [0, 0.05) is 0 Å². The molecule has 1 heterocycles. The molecule has 34 heavy (non-hydrogen) atoms. The molecule has 0 fully saturated rings. The van der Waals surface area contributed by atoms with Crippen molar-refractivity contribution in [1.29, 1.82) is 0 Å². The monoisotopic (exact) mass is 463 g/mol. The molecule has 5 rings (SSSR count). The number of allylic oxidation sites excluding steroid dienone is 4. The molecule has 0 aliphatic heterocycles. The third-order valence-corrected chi connectivity index (χ3v) is 9.26. The van der Waals surface area contributed by atoms with Gasteiger partial charge in [0.25, 0.3) is 0 Å². The second-order valence-electron chi connectivity index (χ2n) is 9.21. The van der Waals surface area contributed by atoms with E-state index in [2.05, 4.69) is 140 Å². The SMILES string of the molecule is Cc1cc(C)c(-n2cc[n+](C(C)C3=C(P(c4ccccc4)c4ccccc4)C=CC3)c2)c(C)c1. The van der Waals surface area contributed by atoms with Gasteiger partial charge in [0.2, 0.25) is 6.33 Å². The van der Waals surface area contributed by atoms with Crippen LogP contribution in [-0.4, -0.2) is 4.57 Å². The summed E-state index contributed by atoms with van der Waals surface area (Å²) >= 11 is 0. The first-order valence-electron chi connectivity index (χ1n) is 12.0. The van der Waals surface area contributed by atoms with Crippen molar-refractivity contribution in [2.75, 3.05) is 0 Å². The largest absolute Gasteiger partial charge is 0.249 e. The summed E-state index contributed by atoms with van der Waals surface area (Å²) in [6.45, 7) is 8.92. The van der Waals surface area contributed by atoms with Gasteiger partial charge in [0.15, 0.2) is 0 Å². The zero-order valence-electron chi connectivity index (χ0n) is 20.4. The smallest absolute Gasteiger partial charge is 0.230 e. The fourth-order valence-corrected chi connectivity index (χ4v) is 7.80. The molecule has 170 valence electrons. The summed E-state index contributed by atoms with van der Waals surface area (Å²) in [5.74, 6) is 0. The Labute approximate surface area is 204 Å². The van der Waals surface area contributed by atoms with Gasteiger partial charge in [0.1, 0.15) is 24.1 Å². The van der Waals surface area contributed by atoms with Crippen LogP contribution in [0.1, 0.15) is 36.1 Å². The van der Waals surface area contributed by atoms with E-state index in [9.17, 15) is 0 Å². The maximum Gasteiger partial charge on any atom is 0.249 e. The Morgan fingerprint density at radius 3 is 2.03 bits per heavy atom. The summed E-state index contributed by atoms with van der Waals surface area (Å²) in [5, 5.41) is 4.30. The summed E-state index contributed by atoms with van der Waals surface area (Å²) in [5.41, 5.74) is 6.73. The lowest BCUT2D eigenvalue weighted by Gasteiger charge is -2.23. The average molecular weight is 464 g/mol. The number of aryl methyl sites for hydroxylation is 3. The van der Waals surface area contributed by atoms with Gasteiger partial charge in [-0.15, -0.1) is 0 Å². The van der Waals surface area contributed by atoms with Gasteiger partial charge >= 0.3 is 0 Å². The van der Waals surface area contributed by atoms with E-state index in [0.717, 1.165) is 6.42 Å². The van der Waals surface area contributed by atoms with Crippen LogP contribution in [0.15, 0.2) is 115 Å². The van der Waals surface area contributed by atoms with Crippen LogP contribution in [-0.2, 0) is 0 Å². The second-order valence-corrected chi connectivity index (χ2v) is 11.4. The maximum absolute atomic E-state index is 2.38. The molecule has 1 unspecified atom stereocenters. The lowest BCUT2D eigenvalue weighted by atomic mass is 10.1. The number of rotatable bonds is 6.